The van der Waals surface area contributed by atoms with E-state index in [-0.39, 0.29) is 6.61 Å². The molecule has 2 saturated heterocycles. The van der Waals surface area contributed by atoms with Crippen LogP contribution in [0.15, 0.2) is 34.7 Å². The number of aliphatic hydroxyl groups is 1. The zero-order chi connectivity index (χ0) is 24.9. The number of methoxy groups -OCH3 is 1. The van der Waals surface area contributed by atoms with Gasteiger partial charge in [0.15, 0.2) is 17.3 Å². The Hall–Kier alpha value is -2.81. The third-order valence-electron chi connectivity index (χ3n) is 7.32. The predicted molar refractivity (Wildman–Crippen MR) is 142 cm³/mol. The molecule has 0 radical (unpaired) electrons. The lowest BCUT2D eigenvalue weighted by molar-refractivity contribution is 0.248. The molecule has 0 amide bonds. The molecule has 0 aliphatic carbocycles. The molecule has 5 rings (SSSR count). The minimum atomic E-state index is -0.138. The number of hydrogen-bond acceptors (Lipinski definition) is 8. The van der Waals surface area contributed by atoms with E-state index in [9.17, 15) is 5.11 Å². The third-order valence-corrected chi connectivity index (χ3v) is 7.32. The van der Waals surface area contributed by atoms with Crippen molar-refractivity contribution >= 4 is 16.6 Å². The largest absolute Gasteiger partial charge is 0.493 e. The lowest BCUT2D eigenvalue weighted by Gasteiger charge is -2.30. The van der Waals surface area contributed by atoms with Gasteiger partial charge in [0.2, 0.25) is 0 Å². The quantitative estimate of drug-likeness (QED) is 0.402. The molecular weight excluding hydrogens is 456 g/mol. The van der Waals surface area contributed by atoms with Crippen LogP contribution in [0.4, 0.5) is 5.69 Å². The van der Waals surface area contributed by atoms with Crippen LogP contribution in [0.3, 0.4) is 0 Å². The number of aliphatic hydroxyl groups excluding tert-OH is 1. The van der Waals surface area contributed by atoms with Crippen LogP contribution in [-0.2, 0) is 6.61 Å². The van der Waals surface area contributed by atoms with Gasteiger partial charge in [0, 0.05) is 29.7 Å². The lowest BCUT2D eigenvalue weighted by Crippen LogP contribution is -2.36. The second-order valence-electron chi connectivity index (χ2n) is 9.97. The number of fused-ring (bicyclic) bond motifs is 1. The third kappa shape index (κ3) is 5.77. The zero-order valence-corrected chi connectivity index (χ0v) is 21.5. The smallest absolute Gasteiger partial charge is 0.163 e. The Kier molecular flexibility index (Phi) is 7.94. The number of pyridine rings is 1. The van der Waals surface area contributed by atoms with E-state index in [0.29, 0.717) is 35.7 Å². The van der Waals surface area contributed by atoms with Crippen LogP contribution < -0.4 is 14.8 Å². The van der Waals surface area contributed by atoms with Gasteiger partial charge in [0.1, 0.15) is 18.1 Å². The van der Waals surface area contributed by atoms with Crippen molar-refractivity contribution in [3.8, 4) is 23.0 Å². The van der Waals surface area contributed by atoms with Gasteiger partial charge in [-0.05, 0) is 89.6 Å². The molecule has 1 aromatic carbocycles. The second-order valence-corrected chi connectivity index (χ2v) is 9.97. The van der Waals surface area contributed by atoms with Gasteiger partial charge in [0.05, 0.1) is 19.2 Å². The number of rotatable bonds is 10. The molecule has 0 bridgehead atoms. The molecule has 0 spiro atoms. The molecule has 2 aliphatic heterocycles. The molecule has 2 aliphatic rings. The Morgan fingerprint density at radius 3 is 2.61 bits per heavy atom. The molecule has 0 saturated carbocycles. The molecule has 2 aromatic heterocycles. The van der Waals surface area contributed by atoms with E-state index in [2.05, 4.69) is 22.2 Å². The summed E-state index contributed by atoms with van der Waals surface area (Å²) in [6.45, 7) is 6.11. The van der Waals surface area contributed by atoms with Gasteiger partial charge < -0.3 is 34.1 Å². The number of benzene rings is 1. The van der Waals surface area contributed by atoms with Gasteiger partial charge in [-0.15, -0.1) is 0 Å². The number of hydrogen-bond donors (Lipinski definition) is 2. The maximum Gasteiger partial charge on any atom is 0.163 e. The van der Waals surface area contributed by atoms with Crippen LogP contribution in [0.5, 0.6) is 11.5 Å². The molecule has 194 valence electrons. The summed E-state index contributed by atoms with van der Waals surface area (Å²) in [7, 11) is 3.85. The van der Waals surface area contributed by atoms with Crippen molar-refractivity contribution in [3.05, 3.63) is 36.1 Å². The molecule has 4 heterocycles. The highest BCUT2D eigenvalue weighted by Gasteiger charge is 2.20. The average molecular weight is 495 g/mol. The van der Waals surface area contributed by atoms with E-state index in [4.69, 9.17) is 18.9 Å². The Balaban J connectivity index is 1.43. The van der Waals surface area contributed by atoms with Crippen molar-refractivity contribution in [3.63, 3.8) is 0 Å². The first-order valence-corrected chi connectivity index (χ1v) is 13.2. The predicted octanol–water partition coefficient (Wildman–Crippen LogP) is 4.37. The van der Waals surface area contributed by atoms with E-state index < -0.39 is 0 Å². The number of piperidine rings is 1. The molecule has 2 fully saturated rings. The molecule has 36 heavy (non-hydrogen) atoms. The van der Waals surface area contributed by atoms with E-state index in [1.54, 1.807) is 13.2 Å². The Morgan fingerprint density at radius 2 is 1.89 bits per heavy atom. The fourth-order valence-electron chi connectivity index (χ4n) is 5.20. The number of nitrogens with one attached hydrogen (secondary N) is 1. The van der Waals surface area contributed by atoms with Crippen molar-refractivity contribution in [2.45, 2.75) is 44.8 Å². The Bertz CT molecular complexity index is 1150. The standard InChI is InChI=1S/C28H38N4O4/c1-31-13-8-20(9-14-31)29-23-17-25(26-7-6-21(19-33)36-26)30-24-18-28(27(34-2)16-22(23)24)35-15-5-12-32-10-3-4-11-32/h6-7,16-18,20,33H,3-5,8-15,19H2,1-2H3,(H,29,30). The zero-order valence-electron chi connectivity index (χ0n) is 21.5. The molecule has 3 aromatic rings. The summed E-state index contributed by atoms with van der Waals surface area (Å²) in [6.07, 6.45) is 5.75. The first kappa shape index (κ1) is 24.9. The summed E-state index contributed by atoms with van der Waals surface area (Å²) in [5.41, 5.74) is 2.55. The van der Waals surface area contributed by atoms with Gasteiger partial charge in [-0.3, -0.25) is 0 Å². The van der Waals surface area contributed by atoms with Gasteiger partial charge in [-0.2, -0.15) is 0 Å². The number of likely N-dealkylation sites (tertiary alicyclic amines) is 2. The van der Waals surface area contributed by atoms with Crippen molar-refractivity contribution in [1.29, 1.82) is 0 Å². The highest BCUT2D eigenvalue weighted by Crippen LogP contribution is 2.38. The van der Waals surface area contributed by atoms with Crippen LogP contribution in [0.25, 0.3) is 22.4 Å². The van der Waals surface area contributed by atoms with Crippen molar-refractivity contribution in [2.24, 2.45) is 0 Å². The molecule has 0 atom stereocenters. The second kappa shape index (κ2) is 11.5. The van der Waals surface area contributed by atoms with Gasteiger partial charge in [-0.25, -0.2) is 4.98 Å². The highest BCUT2D eigenvalue weighted by atomic mass is 16.5. The van der Waals surface area contributed by atoms with Crippen LogP contribution in [-0.4, -0.2) is 79.4 Å². The minimum absolute atomic E-state index is 0.138. The summed E-state index contributed by atoms with van der Waals surface area (Å²) in [6, 6.07) is 10.1. The van der Waals surface area contributed by atoms with Gasteiger partial charge in [-0.1, -0.05) is 0 Å². The van der Waals surface area contributed by atoms with Crippen LogP contribution in [0, 0.1) is 0 Å². The first-order valence-electron chi connectivity index (χ1n) is 13.2. The number of aromatic nitrogens is 1. The lowest BCUT2D eigenvalue weighted by atomic mass is 10.0. The van der Waals surface area contributed by atoms with Crippen molar-refractivity contribution in [2.75, 3.05) is 58.8 Å². The molecule has 8 nitrogen and oxygen atoms in total. The summed E-state index contributed by atoms with van der Waals surface area (Å²) >= 11 is 0. The van der Waals surface area contributed by atoms with Gasteiger partial charge >= 0.3 is 0 Å². The van der Waals surface area contributed by atoms with Crippen molar-refractivity contribution in [1.82, 2.24) is 14.8 Å². The summed E-state index contributed by atoms with van der Waals surface area (Å²) in [5.74, 6) is 2.58. The van der Waals surface area contributed by atoms with Crippen LogP contribution >= 0.6 is 0 Å². The minimum Gasteiger partial charge on any atom is -0.493 e. The van der Waals surface area contributed by atoms with Gasteiger partial charge in [0.25, 0.3) is 0 Å². The summed E-state index contributed by atoms with van der Waals surface area (Å²) in [5, 5.41) is 14.2. The Labute approximate surface area is 213 Å². The Morgan fingerprint density at radius 1 is 1.08 bits per heavy atom. The van der Waals surface area contributed by atoms with E-state index >= 15 is 0 Å². The van der Waals surface area contributed by atoms with E-state index in [0.717, 1.165) is 61.2 Å². The summed E-state index contributed by atoms with van der Waals surface area (Å²) < 4.78 is 17.7. The topological polar surface area (TPSA) is 83.2 Å². The fourth-order valence-corrected chi connectivity index (χ4v) is 5.20. The highest BCUT2D eigenvalue weighted by molar-refractivity contribution is 5.95. The molecule has 8 heteroatoms. The molecular formula is C28H38N4O4. The SMILES string of the molecule is COc1cc2c(NC3CCN(C)CC3)cc(-c3ccc(CO)o3)nc2cc1OCCCN1CCCC1. The van der Waals surface area contributed by atoms with Crippen molar-refractivity contribution < 1.29 is 19.0 Å². The summed E-state index contributed by atoms with van der Waals surface area (Å²) in [4.78, 5) is 9.78. The average Bonchev–Trinajstić information content (AvgIpc) is 3.60. The fraction of sp³-hybridized carbons (Fsp3) is 0.536. The van der Waals surface area contributed by atoms with Crippen LogP contribution in [0.2, 0.25) is 0 Å². The van der Waals surface area contributed by atoms with E-state index in [1.165, 1.54) is 25.9 Å². The molecule has 0 unspecified atom stereocenters. The van der Waals surface area contributed by atoms with Crippen LogP contribution in [0.1, 0.15) is 37.9 Å². The number of ether oxygens (including phenoxy) is 2. The number of anilines is 1. The maximum atomic E-state index is 9.46. The van der Waals surface area contributed by atoms with E-state index in [1.807, 2.05) is 24.3 Å². The normalized spacial score (nSPS) is 17.6. The first-order chi connectivity index (χ1) is 17.6. The number of furan rings is 1. The monoisotopic (exact) mass is 494 g/mol. The molecule has 2 N–H and O–H groups in total. The number of nitrogens with zero attached hydrogens (tertiary/aromatic N) is 3. The maximum absolute atomic E-state index is 9.46.